The van der Waals surface area contributed by atoms with Crippen LogP contribution in [0.25, 0.3) is 0 Å². The number of hydrogen-bond acceptors (Lipinski definition) is 3. The summed E-state index contributed by atoms with van der Waals surface area (Å²) in [7, 11) is 1.88. The van der Waals surface area contributed by atoms with E-state index < -0.39 is 0 Å². The molecule has 4 rings (SSSR count). The number of hydrogen-bond donors (Lipinski definition) is 1. The maximum Gasteiger partial charge on any atom is 0.193 e. The molecule has 1 aliphatic heterocycles. The molecule has 0 aliphatic carbocycles. The van der Waals surface area contributed by atoms with Crippen LogP contribution in [0.3, 0.4) is 0 Å². The first-order chi connectivity index (χ1) is 15.3. The minimum Gasteiger partial charge on any atom is -0.457 e. The zero-order chi connectivity index (χ0) is 22.8. The van der Waals surface area contributed by atoms with Gasteiger partial charge in [0.05, 0.1) is 6.04 Å². The minimum atomic E-state index is -0.332. The molecule has 0 fully saturated rings. The summed E-state index contributed by atoms with van der Waals surface area (Å²) in [6, 6.07) is 23.0. The number of rotatable bonds is 5. The second-order valence-electron chi connectivity index (χ2n) is 8.08. The SMILES string of the molecule is CC1=C(C(=O)c2ccccc2)C(c2ccc(Oc3cc(C)ccc3C)cc2)NC(=S)N1C. The highest BCUT2D eigenvalue weighted by atomic mass is 32.1. The normalized spacial score (nSPS) is 16.1. The van der Waals surface area contributed by atoms with Crippen molar-refractivity contribution in [3.8, 4) is 11.5 Å². The molecule has 4 nitrogen and oxygen atoms in total. The first-order valence-electron chi connectivity index (χ1n) is 10.5. The van der Waals surface area contributed by atoms with Crippen molar-refractivity contribution in [2.24, 2.45) is 0 Å². The zero-order valence-electron chi connectivity index (χ0n) is 18.7. The summed E-state index contributed by atoms with van der Waals surface area (Å²) in [6.45, 7) is 6.01. The lowest BCUT2D eigenvalue weighted by Crippen LogP contribution is -2.45. The maximum absolute atomic E-state index is 13.4. The third kappa shape index (κ3) is 4.30. The summed E-state index contributed by atoms with van der Waals surface area (Å²) in [5, 5.41) is 3.93. The topological polar surface area (TPSA) is 41.6 Å². The van der Waals surface area contributed by atoms with Gasteiger partial charge in [-0.05, 0) is 67.9 Å². The molecular weight excluding hydrogens is 416 g/mol. The molecule has 0 saturated heterocycles. The van der Waals surface area contributed by atoms with Gasteiger partial charge < -0.3 is 15.0 Å². The quantitative estimate of drug-likeness (QED) is 0.381. The number of carbonyl (C=O) groups is 1. The molecule has 162 valence electrons. The summed E-state index contributed by atoms with van der Waals surface area (Å²) in [6.07, 6.45) is 0. The molecule has 1 heterocycles. The number of nitrogens with zero attached hydrogens (tertiary/aromatic N) is 1. The van der Waals surface area contributed by atoms with E-state index in [1.807, 2.05) is 93.4 Å². The van der Waals surface area contributed by atoms with Crippen LogP contribution in [0.4, 0.5) is 0 Å². The molecule has 32 heavy (non-hydrogen) atoms. The molecule has 1 unspecified atom stereocenters. The van der Waals surface area contributed by atoms with Crippen LogP contribution in [0.5, 0.6) is 11.5 Å². The number of aryl methyl sites for hydroxylation is 2. The molecule has 1 atom stereocenters. The molecule has 0 bridgehead atoms. The van der Waals surface area contributed by atoms with Gasteiger partial charge in [0.25, 0.3) is 0 Å². The summed E-state index contributed by atoms with van der Waals surface area (Å²) >= 11 is 5.52. The highest BCUT2D eigenvalue weighted by Crippen LogP contribution is 2.34. The van der Waals surface area contributed by atoms with E-state index in [1.165, 1.54) is 0 Å². The molecule has 5 heteroatoms. The van der Waals surface area contributed by atoms with Gasteiger partial charge in [-0.3, -0.25) is 4.79 Å². The first kappa shape index (κ1) is 21.8. The molecule has 0 spiro atoms. The molecule has 0 radical (unpaired) electrons. The fourth-order valence-electron chi connectivity index (χ4n) is 3.80. The van der Waals surface area contributed by atoms with Crippen LogP contribution in [0.15, 0.2) is 84.1 Å². The fourth-order valence-corrected chi connectivity index (χ4v) is 4.05. The van der Waals surface area contributed by atoms with E-state index in [4.69, 9.17) is 17.0 Å². The minimum absolute atomic E-state index is 0.00865. The van der Waals surface area contributed by atoms with Crippen molar-refractivity contribution in [3.63, 3.8) is 0 Å². The van der Waals surface area contributed by atoms with Crippen LogP contribution in [0.1, 0.15) is 40.0 Å². The average molecular weight is 443 g/mol. The monoisotopic (exact) mass is 442 g/mol. The lowest BCUT2D eigenvalue weighted by atomic mass is 9.89. The smallest absolute Gasteiger partial charge is 0.193 e. The van der Waals surface area contributed by atoms with Crippen molar-refractivity contribution < 1.29 is 9.53 Å². The van der Waals surface area contributed by atoms with Crippen LogP contribution in [0.2, 0.25) is 0 Å². The van der Waals surface area contributed by atoms with Crippen molar-refractivity contribution in [2.75, 3.05) is 7.05 Å². The van der Waals surface area contributed by atoms with E-state index in [0.29, 0.717) is 16.2 Å². The molecule has 1 N–H and O–H groups in total. The van der Waals surface area contributed by atoms with E-state index in [-0.39, 0.29) is 11.8 Å². The van der Waals surface area contributed by atoms with Crippen molar-refractivity contribution in [2.45, 2.75) is 26.8 Å². The number of nitrogens with one attached hydrogen (secondary N) is 1. The Morgan fingerprint density at radius 1 is 0.969 bits per heavy atom. The molecular formula is C27H26N2O2S. The van der Waals surface area contributed by atoms with Gasteiger partial charge >= 0.3 is 0 Å². The molecule has 0 saturated carbocycles. The van der Waals surface area contributed by atoms with Crippen LogP contribution in [-0.4, -0.2) is 22.8 Å². The first-order valence-corrected chi connectivity index (χ1v) is 11.0. The molecule has 3 aromatic carbocycles. The van der Waals surface area contributed by atoms with Gasteiger partial charge in [0, 0.05) is 23.9 Å². The number of benzene rings is 3. The number of thiocarbonyl (C=S) groups is 1. The third-order valence-corrected chi connectivity index (χ3v) is 6.21. The Bertz CT molecular complexity index is 1200. The Morgan fingerprint density at radius 3 is 2.34 bits per heavy atom. The number of Topliss-reactive ketones (excluding diaryl/α,β-unsaturated/α-hetero) is 1. The lowest BCUT2D eigenvalue weighted by Gasteiger charge is -2.36. The van der Waals surface area contributed by atoms with Crippen molar-refractivity contribution in [3.05, 3.63) is 106 Å². The van der Waals surface area contributed by atoms with Gasteiger partial charge in [0.15, 0.2) is 10.9 Å². The van der Waals surface area contributed by atoms with Crippen LogP contribution < -0.4 is 10.1 Å². The molecule has 1 aliphatic rings. The van der Waals surface area contributed by atoms with Gasteiger partial charge in [-0.25, -0.2) is 0 Å². The Balaban J connectivity index is 1.67. The average Bonchev–Trinajstić information content (AvgIpc) is 2.80. The lowest BCUT2D eigenvalue weighted by molar-refractivity contribution is 0.102. The fraction of sp³-hybridized carbons (Fsp3) is 0.185. The second-order valence-corrected chi connectivity index (χ2v) is 8.46. The van der Waals surface area contributed by atoms with Crippen molar-refractivity contribution >= 4 is 23.1 Å². The molecule has 0 aromatic heterocycles. The Hall–Kier alpha value is -3.44. The highest BCUT2D eigenvalue weighted by Gasteiger charge is 2.32. The van der Waals surface area contributed by atoms with E-state index in [9.17, 15) is 4.79 Å². The molecule has 0 amide bonds. The van der Waals surface area contributed by atoms with Crippen molar-refractivity contribution in [1.82, 2.24) is 10.2 Å². The van der Waals surface area contributed by atoms with Crippen LogP contribution in [-0.2, 0) is 0 Å². The maximum atomic E-state index is 13.4. The van der Waals surface area contributed by atoms with Crippen molar-refractivity contribution in [1.29, 1.82) is 0 Å². The number of ether oxygens (including phenoxy) is 1. The largest absolute Gasteiger partial charge is 0.457 e. The summed E-state index contributed by atoms with van der Waals surface area (Å²) in [5.74, 6) is 1.58. The Kier molecular flexibility index (Phi) is 6.10. The summed E-state index contributed by atoms with van der Waals surface area (Å²) in [5.41, 5.74) is 5.38. The highest BCUT2D eigenvalue weighted by molar-refractivity contribution is 7.80. The number of allylic oxidation sites excluding steroid dienone is 1. The standard InChI is InChI=1S/C27H26N2O2S/c1-17-10-11-18(2)23(16-17)31-22-14-12-20(13-15-22)25-24(19(3)29(4)27(32)28-25)26(30)21-8-6-5-7-9-21/h5-16,25H,1-4H3,(H,28,32). The predicted molar refractivity (Wildman–Crippen MR) is 132 cm³/mol. The van der Waals surface area contributed by atoms with E-state index in [0.717, 1.165) is 33.9 Å². The van der Waals surface area contributed by atoms with Gasteiger partial charge in [0.1, 0.15) is 11.5 Å². The third-order valence-electron chi connectivity index (χ3n) is 5.82. The van der Waals surface area contributed by atoms with Crippen LogP contribution >= 0.6 is 12.2 Å². The Morgan fingerprint density at radius 2 is 1.66 bits per heavy atom. The van der Waals surface area contributed by atoms with E-state index >= 15 is 0 Å². The Labute approximate surface area is 194 Å². The summed E-state index contributed by atoms with van der Waals surface area (Å²) < 4.78 is 6.10. The predicted octanol–water partition coefficient (Wildman–Crippen LogP) is 6.11. The number of carbonyl (C=O) groups excluding carboxylic acids is 1. The van der Waals surface area contributed by atoms with Gasteiger partial charge in [-0.15, -0.1) is 0 Å². The van der Waals surface area contributed by atoms with Gasteiger partial charge in [-0.1, -0.05) is 54.6 Å². The van der Waals surface area contributed by atoms with Gasteiger partial charge in [-0.2, -0.15) is 0 Å². The zero-order valence-corrected chi connectivity index (χ0v) is 19.5. The number of ketones is 1. The second kappa shape index (κ2) is 8.97. The van der Waals surface area contributed by atoms with E-state index in [2.05, 4.69) is 17.4 Å². The summed E-state index contributed by atoms with van der Waals surface area (Å²) in [4.78, 5) is 15.3. The van der Waals surface area contributed by atoms with Gasteiger partial charge in [0.2, 0.25) is 0 Å². The molecule has 3 aromatic rings. The van der Waals surface area contributed by atoms with Crippen LogP contribution in [0, 0.1) is 13.8 Å². The van der Waals surface area contributed by atoms with E-state index in [1.54, 1.807) is 0 Å².